The van der Waals surface area contributed by atoms with Gasteiger partial charge in [0.2, 0.25) is 6.41 Å². The normalized spacial score (nSPS) is 25.1. The minimum absolute atomic E-state index is 0.0811. The zero-order valence-electron chi connectivity index (χ0n) is 19.4. The van der Waals surface area contributed by atoms with E-state index < -0.39 is 0 Å². The van der Waals surface area contributed by atoms with E-state index in [0.29, 0.717) is 18.7 Å². The average molecular weight is 418 g/mol. The van der Waals surface area contributed by atoms with Crippen molar-refractivity contribution in [2.45, 2.75) is 70.9 Å². The van der Waals surface area contributed by atoms with Crippen LogP contribution in [0.15, 0.2) is 6.07 Å². The van der Waals surface area contributed by atoms with Crippen LogP contribution in [-0.4, -0.2) is 73.3 Å². The Morgan fingerprint density at radius 1 is 1.27 bits per heavy atom. The molecule has 1 unspecified atom stereocenters. The summed E-state index contributed by atoms with van der Waals surface area (Å²) in [6.07, 6.45) is 5.14. The highest BCUT2D eigenvalue weighted by Gasteiger charge is 2.31. The molecule has 0 radical (unpaired) electrons. The SMILES string of the molecule is COCCc1cc(N2CCN(CCC3CC(NC=O)C3)CC2C)nc(C(C)(C)C)n1. The van der Waals surface area contributed by atoms with Gasteiger partial charge in [-0.2, -0.15) is 0 Å². The van der Waals surface area contributed by atoms with Crippen molar-refractivity contribution in [1.29, 1.82) is 0 Å². The molecule has 0 bridgehead atoms. The third kappa shape index (κ3) is 5.91. The number of methoxy groups -OCH3 is 1. The van der Waals surface area contributed by atoms with E-state index in [9.17, 15) is 4.79 Å². The van der Waals surface area contributed by atoms with E-state index in [0.717, 1.165) is 75.1 Å². The Morgan fingerprint density at radius 2 is 2.03 bits per heavy atom. The molecule has 1 saturated carbocycles. The minimum Gasteiger partial charge on any atom is -0.384 e. The van der Waals surface area contributed by atoms with Crippen LogP contribution < -0.4 is 10.2 Å². The van der Waals surface area contributed by atoms with Crippen molar-refractivity contribution < 1.29 is 9.53 Å². The van der Waals surface area contributed by atoms with Crippen LogP contribution in [0.2, 0.25) is 0 Å². The molecule has 0 spiro atoms. The van der Waals surface area contributed by atoms with E-state index in [2.05, 4.69) is 48.9 Å². The number of amides is 1. The van der Waals surface area contributed by atoms with Crippen LogP contribution in [0.3, 0.4) is 0 Å². The molecule has 2 aliphatic rings. The topological polar surface area (TPSA) is 70.6 Å². The highest BCUT2D eigenvalue weighted by Crippen LogP contribution is 2.31. The standard InChI is InChI=1S/C23H39N5O2/c1-17-15-27(8-6-18-12-20(13-18)24-16-29)9-10-28(17)21-14-19(7-11-30-5)25-22(26-21)23(2,3)4/h14,16-18,20H,6-13,15H2,1-5H3,(H,24,29). The smallest absolute Gasteiger partial charge is 0.207 e. The molecule has 7 heteroatoms. The Hall–Kier alpha value is -1.73. The molecule has 1 atom stereocenters. The number of carbonyl (C=O) groups is 1. The molecule has 0 aromatic carbocycles. The number of carbonyl (C=O) groups excluding carboxylic acids is 1. The highest BCUT2D eigenvalue weighted by atomic mass is 16.5. The van der Waals surface area contributed by atoms with E-state index in [1.165, 1.54) is 6.42 Å². The second-order valence-electron chi connectivity index (χ2n) is 9.98. The van der Waals surface area contributed by atoms with Gasteiger partial charge in [-0.3, -0.25) is 9.69 Å². The molecule has 30 heavy (non-hydrogen) atoms. The van der Waals surface area contributed by atoms with Crippen molar-refractivity contribution in [2.24, 2.45) is 5.92 Å². The molecule has 1 amide bonds. The lowest BCUT2D eigenvalue weighted by molar-refractivity contribution is -0.110. The lowest BCUT2D eigenvalue weighted by Gasteiger charge is -2.42. The van der Waals surface area contributed by atoms with Gasteiger partial charge < -0.3 is 15.0 Å². The summed E-state index contributed by atoms with van der Waals surface area (Å²) in [5.74, 6) is 2.72. The predicted octanol–water partition coefficient (Wildman–Crippen LogP) is 2.39. The fourth-order valence-electron chi connectivity index (χ4n) is 4.45. The lowest BCUT2D eigenvalue weighted by atomic mass is 9.78. The summed E-state index contributed by atoms with van der Waals surface area (Å²) in [6.45, 7) is 13.7. The van der Waals surface area contributed by atoms with Gasteiger partial charge in [-0.1, -0.05) is 20.8 Å². The predicted molar refractivity (Wildman–Crippen MR) is 120 cm³/mol. The Kier molecular flexibility index (Phi) is 7.69. The fraction of sp³-hybridized carbons (Fsp3) is 0.783. The average Bonchev–Trinajstić information content (AvgIpc) is 2.67. The van der Waals surface area contributed by atoms with E-state index in [1.807, 2.05) is 0 Å². The number of piperazine rings is 1. The molecule has 1 saturated heterocycles. The summed E-state index contributed by atoms with van der Waals surface area (Å²) < 4.78 is 5.27. The summed E-state index contributed by atoms with van der Waals surface area (Å²) in [7, 11) is 1.73. The molecule has 1 aromatic rings. The maximum absolute atomic E-state index is 10.5. The molecular weight excluding hydrogens is 378 g/mol. The maximum atomic E-state index is 10.5. The van der Waals surface area contributed by atoms with Crippen LogP contribution >= 0.6 is 0 Å². The second kappa shape index (κ2) is 10.1. The summed E-state index contributed by atoms with van der Waals surface area (Å²) in [4.78, 5) is 25.3. The first-order chi connectivity index (χ1) is 14.3. The van der Waals surface area contributed by atoms with Gasteiger partial charge in [0.25, 0.3) is 0 Å². The zero-order valence-corrected chi connectivity index (χ0v) is 19.4. The zero-order chi connectivity index (χ0) is 21.7. The van der Waals surface area contributed by atoms with Crippen LogP contribution in [0, 0.1) is 5.92 Å². The second-order valence-corrected chi connectivity index (χ2v) is 9.98. The summed E-state index contributed by atoms with van der Waals surface area (Å²) in [5.41, 5.74) is 0.979. The van der Waals surface area contributed by atoms with Crippen LogP contribution in [0.4, 0.5) is 5.82 Å². The van der Waals surface area contributed by atoms with Gasteiger partial charge in [-0.25, -0.2) is 9.97 Å². The molecule has 3 rings (SSSR count). The first kappa shape index (κ1) is 22.9. The number of hydrogen-bond donors (Lipinski definition) is 1. The molecular formula is C23H39N5O2. The molecule has 1 N–H and O–H groups in total. The highest BCUT2D eigenvalue weighted by molar-refractivity contribution is 5.47. The summed E-state index contributed by atoms with van der Waals surface area (Å²) in [5, 5.41) is 2.89. The Morgan fingerprint density at radius 3 is 2.67 bits per heavy atom. The van der Waals surface area contributed by atoms with Crippen LogP contribution in [0.1, 0.15) is 58.5 Å². The van der Waals surface area contributed by atoms with Crippen LogP contribution in [0.5, 0.6) is 0 Å². The van der Waals surface area contributed by atoms with Crippen molar-refractivity contribution in [3.8, 4) is 0 Å². The number of nitrogens with zero attached hydrogens (tertiary/aromatic N) is 4. The lowest BCUT2D eigenvalue weighted by Crippen LogP contribution is -2.53. The molecule has 1 aromatic heterocycles. The fourth-order valence-corrected chi connectivity index (χ4v) is 4.45. The van der Waals surface area contributed by atoms with E-state index in [4.69, 9.17) is 14.7 Å². The molecule has 2 heterocycles. The van der Waals surface area contributed by atoms with E-state index in [1.54, 1.807) is 7.11 Å². The number of nitrogens with one attached hydrogen (secondary N) is 1. The third-order valence-corrected chi connectivity index (χ3v) is 6.40. The number of anilines is 1. The van der Waals surface area contributed by atoms with E-state index >= 15 is 0 Å². The Bertz CT molecular complexity index is 699. The molecule has 1 aliphatic carbocycles. The first-order valence-electron chi connectivity index (χ1n) is 11.4. The van der Waals surface area contributed by atoms with E-state index in [-0.39, 0.29) is 5.41 Å². The quantitative estimate of drug-likeness (QED) is 0.622. The number of aromatic nitrogens is 2. The molecule has 2 fully saturated rings. The van der Waals surface area contributed by atoms with Gasteiger partial charge in [-0.15, -0.1) is 0 Å². The number of rotatable bonds is 9. The van der Waals surface area contributed by atoms with Crippen molar-refractivity contribution in [2.75, 3.05) is 44.8 Å². The van der Waals surface area contributed by atoms with Gasteiger partial charge >= 0.3 is 0 Å². The third-order valence-electron chi connectivity index (χ3n) is 6.40. The van der Waals surface area contributed by atoms with Crippen molar-refractivity contribution in [3.05, 3.63) is 17.6 Å². The minimum atomic E-state index is -0.0811. The first-order valence-corrected chi connectivity index (χ1v) is 11.4. The Labute approximate surface area is 181 Å². The molecule has 168 valence electrons. The largest absolute Gasteiger partial charge is 0.384 e. The molecule has 1 aliphatic heterocycles. The van der Waals surface area contributed by atoms with Gasteiger partial charge in [0.05, 0.1) is 6.61 Å². The van der Waals surface area contributed by atoms with Crippen molar-refractivity contribution in [3.63, 3.8) is 0 Å². The monoisotopic (exact) mass is 417 g/mol. The summed E-state index contributed by atoms with van der Waals surface area (Å²) in [6, 6.07) is 2.97. The number of hydrogen-bond acceptors (Lipinski definition) is 6. The van der Waals surface area contributed by atoms with Gasteiger partial charge in [0.1, 0.15) is 11.6 Å². The van der Waals surface area contributed by atoms with Crippen LogP contribution in [0.25, 0.3) is 0 Å². The van der Waals surface area contributed by atoms with Gasteiger partial charge in [-0.05, 0) is 38.6 Å². The molecule has 7 nitrogen and oxygen atoms in total. The van der Waals surface area contributed by atoms with Crippen LogP contribution in [-0.2, 0) is 21.4 Å². The Balaban J connectivity index is 1.58. The van der Waals surface area contributed by atoms with Gasteiger partial charge in [0, 0.05) is 62.4 Å². The van der Waals surface area contributed by atoms with Crippen molar-refractivity contribution >= 4 is 12.2 Å². The maximum Gasteiger partial charge on any atom is 0.207 e. The summed E-state index contributed by atoms with van der Waals surface area (Å²) >= 11 is 0. The number of ether oxygens (including phenoxy) is 1. The van der Waals surface area contributed by atoms with Crippen molar-refractivity contribution in [1.82, 2.24) is 20.2 Å². The van der Waals surface area contributed by atoms with Gasteiger partial charge in [0.15, 0.2) is 0 Å².